The topological polar surface area (TPSA) is 85.1 Å². The first kappa shape index (κ1) is 14.9. The summed E-state index contributed by atoms with van der Waals surface area (Å²) in [5, 5.41) is 2.44. The zero-order valence-corrected chi connectivity index (χ0v) is 12.3. The number of nitrogen functional groups attached to an aromatic ring is 1. The van der Waals surface area contributed by atoms with Gasteiger partial charge in [-0.1, -0.05) is 6.92 Å². The minimum atomic E-state index is -3.85. The van der Waals surface area contributed by atoms with Crippen molar-refractivity contribution in [2.24, 2.45) is 0 Å². The fourth-order valence-corrected chi connectivity index (χ4v) is 3.91. The lowest BCUT2D eigenvalue weighted by molar-refractivity contribution is 0.547. The van der Waals surface area contributed by atoms with E-state index in [0.29, 0.717) is 11.4 Å². The highest BCUT2D eigenvalue weighted by molar-refractivity contribution is 7.89. The van der Waals surface area contributed by atoms with E-state index in [2.05, 4.69) is 9.71 Å². The molecule has 1 heterocycles. The summed E-state index contributed by atoms with van der Waals surface area (Å²) in [6, 6.07) is 2.79. The van der Waals surface area contributed by atoms with Crippen molar-refractivity contribution in [3.05, 3.63) is 40.6 Å². The Labute approximate surface area is 120 Å². The van der Waals surface area contributed by atoms with Crippen LogP contribution < -0.4 is 10.5 Å². The highest BCUT2D eigenvalue weighted by Gasteiger charge is 2.22. The van der Waals surface area contributed by atoms with Crippen molar-refractivity contribution in [2.75, 3.05) is 5.73 Å². The number of hydrogen-bond acceptors (Lipinski definition) is 5. The second-order valence-electron chi connectivity index (χ2n) is 4.17. The number of halogens is 1. The van der Waals surface area contributed by atoms with E-state index in [1.807, 2.05) is 6.92 Å². The summed E-state index contributed by atoms with van der Waals surface area (Å²) in [7, 11) is -3.85. The minimum absolute atomic E-state index is 0.0627. The van der Waals surface area contributed by atoms with Crippen LogP contribution in [0.25, 0.3) is 0 Å². The van der Waals surface area contributed by atoms with Crippen LogP contribution in [0.3, 0.4) is 0 Å². The lowest BCUT2D eigenvalue weighted by atomic mass is 10.3. The van der Waals surface area contributed by atoms with Crippen molar-refractivity contribution in [1.29, 1.82) is 0 Å². The van der Waals surface area contributed by atoms with Crippen molar-refractivity contribution >= 4 is 27.0 Å². The third-order valence-electron chi connectivity index (χ3n) is 2.66. The maximum Gasteiger partial charge on any atom is 0.241 e. The molecule has 5 nitrogen and oxygen atoms in total. The number of thiazole rings is 1. The van der Waals surface area contributed by atoms with E-state index in [0.717, 1.165) is 12.1 Å². The second kappa shape index (κ2) is 5.86. The molecule has 1 aromatic carbocycles. The Balaban J connectivity index is 2.30. The van der Waals surface area contributed by atoms with Crippen LogP contribution in [0.15, 0.2) is 34.7 Å². The van der Waals surface area contributed by atoms with Gasteiger partial charge in [0.25, 0.3) is 0 Å². The molecule has 0 aliphatic carbocycles. The quantitative estimate of drug-likeness (QED) is 0.829. The van der Waals surface area contributed by atoms with E-state index >= 15 is 0 Å². The van der Waals surface area contributed by atoms with E-state index < -0.39 is 21.9 Å². The predicted molar refractivity (Wildman–Crippen MR) is 76.3 cm³/mol. The zero-order chi connectivity index (χ0) is 14.8. The smallest absolute Gasteiger partial charge is 0.241 e. The molecule has 0 amide bonds. The Hall–Kier alpha value is -1.51. The summed E-state index contributed by atoms with van der Waals surface area (Å²) in [6.07, 6.45) is 2.15. The molecule has 1 unspecified atom stereocenters. The van der Waals surface area contributed by atoms with E-state index in [9.17, 15) is 12.8 Å². The van der Waals surface area contributed by atoms with Crippen molar-refractivity contribution in [1.82, 2.24) is 9.71 Å². The van der Waals surface area contributed by atoms with Gasteiger partial charge in [-0.05, 0) is 24.6 Å². The van der Waals surface area contributed by atoms with Crippen LogP contribution in [0.1, 0.15) is 24.4 Å². The molecule has 0 saturated carbocycles. The Bertz CT molecular complexity index is 666. The first-order valence-corrected chi connectivity index (χ1v) is 8.26. The average molecular weight is 315 g/mol. The van der Waals surface area contributed by atoms with Gasteiger partial charge in [-0.2, -0.15) is 0 Å². The predicted octanol–water partition coefficient (Wildman–Crippen LogP) is 2.29. The summed E-state index contributed by atoms with van der Waals surface area (Å²) in [6.45, 7) is 1.84. The highest BCUT2D eigenvalue weighted by Crippen LogP contribution is 2.23. The summed E-state index contributed by atoms with van der Waals surface area (Å²) < 4.78 is 40.3. The number of rotatable bonds is 5. The van der Waals surface area contributed by atoms with Gasteiger partial charge in [0.1, 0.15) is 10.8 Å². The lowest BCUT2D eigenvalue weighted by Gasteiger charge is -2.15. The van der Waals surface area contributed by atoms with Gasteiger partial charge in [0.15, 0.2) is 0 Å². The van der Waals surface area contributed by atoms with Gasteiger partial charge in [-0.15, -0.1) is 11.3 Å². The third kappa shape index (κ3) is 3.33. The van der Waals surface area contributed by atoms with Crippen molar-refractivity contribution in [2.45, 2.75) is 24.3 Å². The molecule has 0 fully saturated rings. The Morgan fingerprint density at radius 3 is 2.75 bits per heavy atom. The van der Waals surface area contributed by atoms with Gasteiger partial charge in [0.2, 0.25) is 10.0 Å². The monoisotopic (exact) mass is 315 g/mol. The minimum Gasteiger partial charge on any atom is -0.399 e. The molecule has 20 heavy (non-hydrogen) atoms. The number of hydrogen-bond donors (Lipinski definition) is 2. The van der Waals surface area contributed by atoms with Crippen molar-refractivity contribution in [3.63, 3.8) is 0 Å². The second-order valence-corrected chi connectivity index (χ2v) is 6.81. The SMILES string of the molecule is CCC(NS(=O)(=O)c1cc(N)cc(F)c1)c1nccs1. The van der Waals surface area contributed by atoms with Crippen LogP contribution in [0, 0.1) is 5.82 Å². The van der Waals surface area contributed by atoms with Crippen LogP contribution in [0.5, 0.6) is 0 Å². The molecule has 2 aromatic rings. The maximum absolute atomic E-state index is 13.3. The maximum atomic E-state index is 13.3. The molecule has 0 aliphatic heterocycles. The third-order valence-corrected chi connectivity index (χ3v) is 5.00. The summed E-state index contributed by atoms with van der Waals surface area (Å²) >= 11 is 1.36. The molecule has 2 rings (SSSR count). The number of nitrogens with one attached hydrogen (secondary N) is 1. The van der Waals surface area contributed by atoms with Crippen LogP contribution >= 0.6 is 11.3 Å². The van der Waals surface area contributed by atoms with Gasteiger partial charge < -0.3 is 5.73 Å². The van der Waals surface area contributed by atoms with Crippen molar-refractivity contribution < 1.29 is 12.8 Å². The summed E-state index contributed by atoms with van der Waals surface area (Å²) in [4.78, 5) is 3.90. The standard InChI is InChI=1S/C12H14FN3O2S2/c1-2-11(12-15-3-4-19-12)16-20(17,18)10-6-8(13)5-9(14)7-10/h3-7,11,16H,2,14H2,1H3. The van der Waals surface area contributed by atoms with Crippen LogP contribution in [0.4, 0.5) is 10.1 Å². The summed E-state index contributed by atoms with van der Waals surface area (Å²) in [5.74, 6) is -0.687. The molecule has 0 radical (unpaired) electrons. The fourth-order valence-electron chi connectivity index (χ4n) is 1.71. The Morgan fingerprint density at radius 2 is 2.20 bits per heavy atom. The first-order chi connectivity index (χ1) is 9.42. The van der Waals surface area contributed by atoms with Crippen molar-refractivity contribution in [3.8, 4) is 0 Å². The summed E-state index contributed by atoms with van der Waals surface area (Å²) in [5.41, 5.74) is 5.53. The largest absolute Gasteiger partial charge is 0.399 e. The fraction of sp³-hybridized carbons (Fsp3) is 0.250. The molecule has 0 saturated heterocycles. The van der Waals surface area contributed by atoms with Crippen LogP contribution in [-0.4, -0.2) is 13.4 Å². The Kier molecular flexibility index (Phi) is 4.36. The van der Waals surface area contributed by atoms with E-state index in [-0.39, 0.29) is 10.6 Å². The van der Waals surface area contributed by atoms with Gasteiger partial charge in [-0.3, -0.25) is 0 Å². The number of sulfonamides is 1. The molecular formula is C12H14FN3O2S2. The average Bonchev–Trinajstić information content (AvgIpc) is 2.88. The van der Waals surface area contributed by atoms with Gasteiger partial charge in [0, 0.05) is 17.3 Å². The lowest BCUT2D eigenvalue weighted by Crippen LogP contribution is -2.28. The number of benzene rings is 1. The molecule has 108 valence electrons. The van der Waals surface area contributed by atoms with Gasteiger partial charge in [-0.25, -0.2) is 22.5 Å². The molecule has 1 aromatic heterocycles. The van der Waals surface area contributed by atoms with Gasteiger partial charge in [0.05, 0.1) is 10.9 Å². The van der Waals surface area contributed by atoms with Crippen LogP contribution in [0.2, 0.25) is 0 Å². The van der Waals surface area contributed by atoms with E-state index in [4.69, 9.17) is 5.73 Å². The zero-order valence-electron chi connectivity index (χ0n) is 10.7. The molecule has 8 heteroatoms. The number of aromatic nitrogens is 1. The molecular weight excluding hydrogens is 301 g/mol. The van der Waals surface area contributed by atoms with E-state index in [1.54, 1.807) is 11.6 Å². The molecule has 1 atom stereocenters. The normalized spacial score (nSPS) is 13.3. The molecule has 0 aliphatic rings. The molecule has 0 spiro atoms. The van der Waals surface area contributed by atoms with Crippen LogP contribution in [-0.2, 0) is 10.0 Å². The number of nitrogens with two attached hydrogens (primary N) is 1. The first-order valence-electron chi connectivity index (χ1n) is 5.90. The molecule has 0 bridgehead atoms. The number of anilines is 1. The molecule has 3 N–H and O–H groups in total. The van der Waals surface area contributed by atoms with Gasteiger partial charge >= 0.3 is 0 Å². The highest BCUT2D eigenvalue weighted by atomic mass is 32.2. The van der Waals surface area contributed by atoms with E-state index in [1.165, 1.54) is 17.4 Å². The number of nitrogens with zero attached hydrogens (tertiary/aromatic N) is 1. The Morgan fingerprint density at radius 1 is 1.45 bits per heavy atom.